The van der Waals surface area contributed by atoms with E-state index in [4.69, 9.17) is 102 Å². The summed E-state index contributed by atoms with van der Waals surface area (Å²) in [5.74, 6) is -2.22. The van der Waals surface area contributed by atoms with Crippen LogP contribution in [0, 0.1) is 5.41 Å². The highest BCUT2D eigenvalue weighted by molar-refractivity contribution is 6.61. The molecule has 0 N–H and O–H groups in total. The van der Waals surface area contributed by atoms with Gasteiger partial charge >= 0.3 is 11.4 Å². The summed E-state index contributed by atoms with van der Waals surface area (Å²) in [6.07, 6.45) is -27.6. The Bertz CT molecular complexity index is 5030. The summed E-state index contributed by atoms with van der Waals surface area (Å²) >= 11 is 6.46. The Kier molecular flexibility index (Phi) is 30.6. The van der Waals surface area contributed by atoms with Gasteiger partial charge in [-0.3, -0.25) is 19.3 Å². The minimum atomic E-state index is -1.92. The molecule has 126 heavy (non-hydrogen) atoms. The number of hydrogen-bond donors (Lipinski definition) is 0. The number of nitrogens with zero attached hydrogens (tertiary/aromatic N) is 1. The van der Waals surface area contributed by atoms with Gasteiger partial charge in [0.2, 0.25) is 0 Å². The van der Waals surface area contributed by atoms with Gasteiger partial charge in [-0.2, -0.15) is 0 Å². The molecule has 2 amide bonds. The van der Waals surface area contributed by atoms with Crippen LogP contribution in [0.4, 0.5) is 4.79 Å². The molecule has 0 saturated carbocycles. The summed E-state index contributed by atoms with van der Waals surface area (Å²) in [7, 11) is 0. The second-order valence-electron chi connectivity index (χ2n) is 32.9. The highest BCUT2D eigenvalue weighted by Crippen LogP contribution is 2.45. The average molecular weight is 1740 g/mol. The quantitative estimate of drug-likeness (QED) is 0.0201. The molecule has 0 aliphatic carbocycles. The smallest absolute Gasteiger partial charge is 0.404 e. The molecule has 10 aromatic carbocycles. The fraction of sp³-hybridized carbons (Fsp3) is 0.366. The van der Waals surface area contributed by atoms with Crippen molar-refractivity contribution in [2.75, 3.05) is 19.8 Å². The Balaban J connectivity index is 0.897. The van der Waals surface area contributed by atoms with Crippen LogP contribution >= 0.6 is 11.6 Å². The van der Waals surface area contributed by atoms with E-state index in [0.717, 1.165) is 43.8 Å². The molecule has 6 aliphatic rings. The van der Waals surface area contributed by atoms with Gasteiger partial charge in [-0.25, -0.2) is 4.79 Å². The Morgan fingerprint density at radius 3 is 1.14 bits per heavy atom. The number of carbonyl (C=O) groups excluding carboxylic acids is 4. The normalized spacial score (nSPS) is 27.8. The van der Waals surface area contributed by atoms with Crippen molar-refractivity contribution in [1.82, 2.24) is 4.90 Å². The van der Waals surface area contributed by atoms with Crippen molar-refractivity contribution in [3.63, 3.8) is 0 Å². The molecule has 0 radical (unpaired) electrons. The first-order valence-electron chi connectivity index (χ1n) is 42.7. The van der Waals surface area contributed by atoms with E-state index in [-0.39, 0.29) is 83.8 Å². The lowest BCUT2D eigenvalue weighted by Crippen LogP contribution is -2.72. The molecular formula is C101H104ClNO23. The first kappa shape index (κ1) is 89.3. The summed E-state index contributed by atoms with van der Waals surface area (Å²) in [6, 6.07) is 90.0. The molecule has 2 unspecified atom stereocenters. The maximum atomic E-state index is 16.5. The number of imide groups is 1. The summed E-state index contributed by atoms with van der Waals surface area (Å²) in [5.41, 5.74) is 4.65. The standard InChI is InChI=1S/C101H104ClNO23/c1-65-81(110-56-68-38-18-7-19-39-68)86(111-57-69-40-20-8-21-41-69)89(113-59-71-44-24-10-25-45-71)97(117-65)124-85-80(103-92(104)75-52-32-33-53-76(75)93(103)105)95(122-83-78(63-109-55-67-36-16-6-17-37-67)119-96(115-61-73-48-28-12-29-49-73)91(125-99(106)101(2,3)4)87(83)112-58-70-42-22-9-23-43-70)118-77(62-108-54-66-34-14-5-15-35-66)82(85)123-98-90(114-60-72-46-26-11-27-47-72)88(126-100(102)107)84-79(120-98)64-116-94(121-84)74-50-30-13-31-51-74/h5-53,65,77-91,94-98H,54-64H2,1-4H3/t65-,77+,78+,79?,80+,81+,82+,83+,84?,85+,86+,87-,88+,89-,90-,91+,94+,95-,96+,97-,98+/m0/s1. The van der Waals surface area contributed by atoms with E-state index in [0.29, 0.717) is 11.1 Å². The lowest BCUT2D eigenvalue weighted by molar-refractivity contribution is -0.405. The van der Waals surface area contributed by atoms with E-state index in [2.05, 4.69) is 0 Å². The van der Waals surface area contributed by atoms with Crippen LogP contribution < -0.4 is 0 Å². The molecule has 658 valence electrons. The van der Waals surface area contributed by atoms with Gasteiger partial charge in [0, 0.05) is 17.2 Å². The molecule has 6 aliphatic heterocycles. The fourth-order valence-corrected chi connectivity index (χ4v) is 16.6. The van der Waals surface area contributed by atoms with E-state index in [1.165, 1.54) is 0 Å². The van der Waals surface area contributed by atoms with E-state index < -0.39 is 158 Å². The maximum absolute atomic E-state index is 16.5. The molecule has 25 heteroatoms. The molecular weight excluding hydrogens is 1630 g/mol. The molecule has 0 aromatic heterocycles. The van der Waals surface area contributed by atoms with Gasteiger partial charge < -0.3 is 90.0 Å². The van der Waals surface area contributed by atoms with E-state index in [1.807, 2.05) is 280 Å². The predicted molar refractivity (Wildman–Crippen MR) is 460 cm³/mol. The first-order valence-corrected chi connectivity index (χ1v) is 43.1. The second-order valence-corrected chi connectivity index (χ2v) is 33.2. The van der Waals surface area contributed by atoms with Crippen LogP contribution in [0.3, 0.4) is 0 Å². The number of benzene rings is 10. The summed E-state index contributed by atoms with van der Waals surface area (Å²) in [4.78, 5) is 63.0. The molecule has 21 atom stereocenters. The molecule has 16 rings (SSSR count). The van der Waals surface area contributed by atoms with E-state index in [1.54, 1.807) is 45.0 Å². The fourth-order valence-electron chi connectivity index (χ4n) is 16.5. The molecule has 10 aromatic rings. The Hall–Kier alpha value is -10.1. The monoisotopic (exact) mass is 1730 g/mol. The molecule has 5 fully saturated rings. The van der Waals surface area contributed by atoms with Gasteiger partial charge in [-0.1, -0.05) is 285 Å². The van der Waals surface area contributed by atoms with Gasteiger partial charge in [0.25, 0.3) is 11.8 Å². The number of amides is 2. The summed E-state index contributed by atoms with van der Waals surface area (Å²) < 4.78 is 137. The molecule has 0 bridgehead atoms. The van der Waals surface area contributed by atoms with Gasteiger partial charge in [0.15, 0.2) is 43.7 Å². The number of ether oxygens (including phenoxy) is 19. The minimum Gasteiger partial charge on any atom is -0.454 e. The number of hydrogen-bond acceptors (Lipinski definition) is 23. The van der Waals surface area contributed by atoms with Crippen LogP contribution in [-0.4, -0.2) is 171 Å². The van der Waals surface area contributed by atoms with Gasteiger partial charge in [-0.15, -0.1) is 0 Å². The van der Waals surface area contributed by atoms with Gasteiger partial charge in [0.1, 0.15) is 79.3 Å². The number of rotatable bonds is 36. The van der Waals surface area contributed by atoms with Crippen LogP contribution in [0.2, 0.25) is 0 Å². The zero-order chi connectivity index (χ0) is 86.7. The van der Waals surface area contributed by atoms with Crippen molar-refractivity contribution in [3.8, 4) is 0 Å². The number of esters is 1. The number of halogens is 1. The molecule has 6 heterocycles. The maximum Gasteiger partial charge on any atom is 0.404 e. The Labute approximate surface area is 738 Å². The average Bonchev–Trinajstić information content (AvgIpc) is 1.22. The van der Waals surface area contributed by atoms with Crippen molar-refractivity contribution in [3.05, 3.63) is 358 Å². The van der Waals surface area contributed by atoms with Crippen LogP contribution in [-0.2, 0) is 148 Å². The summed E-state index contributed by atoms with van der Waals surface area (Å²) in [5, 5.41) is 0. The van der Waals surface area contributed by atoms with E-state index in [9.17, 15) is 4.79 Å². The largest absolute Gasteiger partial charge is 0.454 e. The van der Waals surface area contributed by atoms with Crippen molar-refractivity contribution in [2.24, 2.45) is 5.41 Å². The summed E-state index contributed by atoms with van der Waals surface area (Å²) in [6.45, 7) is 6.20. The lowest BCUT2D eigenvalue weighted by Gasteiger charge is -2.54. The van der Waals surface area contributed by atoms with Crippen molar-refractivity contribution < 1.29 is 109 Å². The Morgan fingerprint density at radius 2 is 0.706 bits per heavy atom. The zero-order valence-corrected chi connectivity index (χ0v) is 71.2. The topological polar surface area (TPSA) is 247 Å². The second kappa shape index (κ2) is 43.1. The highest BCUT2D eigenvalue weighted by atomic mass is 35.5. The van der Waals surface area contributed by atoms with Crippen LogP contribution in [0.1, 0.15) is 105 Å². The third-order valence-electron chi connectivity index (χ3n) is 22.8. The SMILES string of the molecule is C[C@@H]1O[C@@H](O[C@H]2[C@H](O[C@H]3OC4CO[C@@H](c5ccccc5)OC4[C@@H](OC(=O)Cl)[C@@H]3OCc3ccccc3)[C@@H](COCc3ccccc3)O[C@@H](O[C@H]3[C@H](OCc4ccccc4)[C@@H](OC(=O)C(C)(C)C)[C@H](OCc4ccccc4)O[C@@H]3COCc3ccccc3)[C@@H]2N2C(=O)c3ccccc3C2=O)[C@@H](OCc2ccccc2)[C@H](OCc2ccccc2)[C@@H]1OCc1ccccc1. The van der Waals surface area contributed by atoms with Crippen LogP contribution in [0.25, 0.3) is 0 Å². The Morgan fingerprint density at radius 1 is 0.357 bits per heavy atom. The highest BCUT2D eigenvalue weighted by Gasteiger charge is 2.63. The third-order valence-corrected chi connectivity index (χ3v) is 22.9. The zero-order valence-electron chi connectivity index (χ0n) is 70.4. The van der Waals surface area contributed by atoms with Crippen molar-refractivity contribution in [1.29, 1.82) is 0 Å². The number of fused-ring (bicyclic) bond motifs is 2. The first-order chi connectivity index (χ1) is 61.6. The van der Waals surface area contributed by atoms with E-state index >= 15 is 14.4 Å². The van der Waals surface area contributed by atoms with Crippen molar-refractivity contribution in [2.45, 2.75) is 210 Å². The van der Waals surface area contributed by atoms with Gasteiger partial charge in [-0.05, 0) is 84.3 Å². The molecule has 24 nitrogen and oxygen atoms in total. The minimum absolute atomic E-state index is 0.00879. The third kappa shape index (κ3) is 22.5. The molecule has 0 spiro atoms. The number of carbonyl (C=O) groups is 4. The van der Waals surface area contributed by atoms with Crippen molar-refractivity contribution >= 4 is 34.8 Å². The lowest BCUT2D eigenvalue weighted by atomic mass is 9.92. The van der Waals surface area contributed by atoms with Gasteiger partial charge in [0.05, 0.1) is 95.3 Å². The van der Waals surface area contributed by atoms with Crippen LogP contribution in [0.5, 0.6) is 0 Å². The predicted octanol–water partition coefficient (Wildman–Crippen LogP) is 16.1. The molecule has 5 saturated heterocycles. The van der Waals surface area contributed by atoms with Crippen LogP contribution in [0.15, 0.2) is 297 Å².